The molecule has 0 saturated heterocycles. The number of nitrogen functional groups attached to an aromatic ring is 2. The fraction of sp³-hybridized carbons (Fsp3) is 0.250. The first kappa shape index (κ1) is 11.7. The van der Waals surface area contributed by atoms with Crippen molar-refractivity contribution in [3.05, 3.63) is 6.20 Å². The van der Waals surface area contributed by atoms with E-state index in [0.717, 1.165) is 0 Å². The molecule has 0 amide bonds. The Morgan fingerprint density at radius 3 is 1.92 bits per heavy atom. The van der Waals surface area contributed by atoms with Crippen LogP contribution in [0, 0.1) is 0 Å². The van der Waals surface area contributed by atoms with Gasteiger partial charge in [-0.15, -0.1) is 0 Å². The Morgan fingerprint density at radius 1 is 1.46 bits per heavy atom. The molecule has 8 nitrogen and oxygen atoms in total. The Kier molecular flexibility index (Phi) is 3.66. The molecule has 0 spiro atoms. The van der Waals surface area contributed by atoms with E-state index in [2.05, 4.69) is 5.10 Å². The van der Waals surface area contributed by atoms with Crippen LogP contribution in [0.1, 0.15) is 0 Å². The van der Waals surface area contributed by atoms with E-state index >= 15 is 0 Å². The Balaban J connectivity index is 0.000000252. The lowest BCUT2D eigenvalue weighted by Crippen LogP contribution is -2.32. The summed E-state index contributed by atoms with van der Waals surface area (Å²) in [5.74, 6) is 0.574. The molecule has 0 atom stereocenters. The van der Waals surface area contributed by atoms with E-state index in [9.17, 15) is 0 Å². The van der Waals surface area contributed by atoms with Crippen LogP contribution in [0.5, 0.6) is 0 Å². The maximum absolute atomic E-state index is 8.74. The largest absolute Gasteiger partial charge is 0.394 e. The third kappa shape index (κ3) is 5.90. The average molecular weight is 211 g/mol. The van der Waals surface area contributed by atoms with Crippen LogP contribution in [0.2, 0.25) is 0 Å². The quantitative estimate of drug-likeness (QED) is 0.256. The first-order valence-corrected chi connectivity index (χ1v) is 4.39. The molecule has 0 saturated carbocycles. The van der Waals surface area contributed by atoms with Gasteiger partial charge in [-0.1, -0.05) is 0 Å². The number of H-pyrrole nitrogens is 1. The number of anilines is 2. The summed E-state index contributed by atoms with van der Waals surface area (Å²) in [5.41, 5.74) is 11.4. The first-order chi connectivity index (χ1) is 5.72. The van der Waals surface area contributed by atoms with E-state index in [-0.39, 0.29) is 0 Å². The number of aromatic nitrogens is 2. The second kappa shape index (κ2) is 4.07. The zero-order chi connectivity index (χ0) is 10.6. The number of aromatic amines is 1. The van der Waals surface area contributed by atoms with E-state index in [1.165, 1.54) is 0 Å². The van der Waals surface area contributed by atoms with E-state index in [0.29, 0.717) is 11.5 Å². The van der Waals surface area contributed by atoms with Crippen LogP contribution >= 0.6 is 0 Å². The van der Waals surface area contributed by atoms with Gasteiger partial charge in [0.1, 0.15) is 12.7 Å². The molecular weight excluding hydrogens is 200 g/mol. The van der Waals surface area contributed by atoms with Gasteiger partial charge in [0.25, 0.3) is 0 Å². The molecule has 1 rings (SSSR count). The lowest BCUT2D eigenvalue weighted by molar-refractivity contribution is -0.713. The molecule has 76 valence electrons. The first-order valence-electron chi connectivity index (χ1n) is 3.00. The SMILES string of the molecule is C[n+]1[nH]cc(N)c1N.O=S(=O)(O)O. The second-order valence-corrected chi connectivity index (χ2v) is 3.02. The summed E-state index contributed by atoms with van der Waals surface area (Å²) < 4.78 is 33.2. The molecule has 0 aliphatic heterocycles. The van der Waals surface area contributed by atoms with Gasteiger partial charge in [-0.05, 0) is 0 Å². The molecule has 0 fully saturated rings. The van der Waals surface area contributed by atoms with E-state index in [4.69, 9.17) is 29.0 Å². The van der Waals surface area contributed by atoms with Crippen LogP contribution in [-0.2, 0) is 17.4 Å². The number of nitrogens with zero attached hydrogens (tertiary/aromatic N) is 1. The predicted octanol–water partition coefficient (Wildman–Crippen LogP) is -1.65. The topological polar surface area (TPSA) is 146 Å². The van der Waals surface area contributed by atoms with E-state index in [1.54, 1.807) is 17.9 Å². The maximum atomic E-state index is 8.74. The molecular formula is C4H11N4O4S+. The Bertz CT molecular complexity index is 342. The lowest BCUT2D eigenvalue weighted by Gasteiger charge is -1.81. The summed E-state index contributed by atoms with van der Waals surface area (Å²) in [6.45, 7) is 0. The zero-order valence-electron chi connectivity index (χ0n) is 6.80. The highest BCUT2D eigenvalue weighted by Gasteiger charge is 2.03. The van der Waals surface area contributed by atoms with Gasteiger partial charge in [-0.25, -0.2) is 5.10 Å². The lowest BCUT2D eigenvalue weighted by atomic mass is 10.5. The van der Waals surface area contributed by atoms with Crippen LogP contribution < -0.4 is 16.1 Å². The average Bonchev–Trinajstić information content (AvgIpc) is 2.16. The van der Waals surface area contributed by atoms with Crippen LogP contribution in [0.4, 0.5) is 11.5 Å². The molecule has 13 heavy (non-hydrogen) atoms. The molecule has 0 bridgehead atoms. The zero-order valence-corrected chi connectivity index (χ0v) is 7.61. The molecule has 0 aliphatic rings. The third-order valence-electron chi connectivity index (χ3n) is 1.07. The number of nitrogens with two attached hydrogens (primary N) is 2. The second-order valence-electron chi connectivity index (χ2n) is 2.12. The number of aryl methyl sites for hydroxylation is 1. The third-order valence-corrected chi connectivity index (χ3v) is 1.07. The van der Waals surface area contributed by atoms with E-state index < -0.39 is 10.4 Å². The van der Waals surface area contributed by atoms with Crippen LogP contribution in [0.15, 0.2) is 6.20 Å². The number of nitrogens with one attached hydrogen (secondary N) is 1. The normalized spacial score (nSPS) is 10.4. The number of hydrogen-bond donors (Lipinski definition) is 5. The van der Waals surface area contributed by atoms with Crippen molar-refractivity contribution in [2.75, 3.05) is 11.5 Å². The standard InChI is InChI=1S/C4H8N4.H2O4S/c1-8-4(6)3(5)2-7-8;1-5(2,3)4/h2H,5H2,1H3,(H2,6,7);(H2,1,2,3,4)/p+1. The van der Waals surface area contributed by atoms with Crippen molar-refractivity contribution < 1.29 is 22.2 Å². The summed E-state index contributed by atoms with van der Waals surface area (Å²) in [6.07, 6.45) is 1.65. The van der Waals surface area contributed by atoms with Crippen molar-refractivity contribution in [2.24, 2.45) is 7.05 Å². The minimum absolute atomic E-state index is 0.574. The molecule has 0 unspecified atom stereocenters. The minimum Gasteiger partial charge on any atom is -0.391 e. The monoisotopic (exact) mass is 211 g/mol. The summed E-state index contributed by atoms with van der Waals surface area (Å²) in [5, 5.41) is 2.80. The minimum atomic E-state index is -4.67. The summed E-state index contributed by atoms with van der Waals surface area (Å²) >= 11 is 0. The predicted molar refractivity (Wildman–Crippen MR) is 45.0 cm³/mol. The molecule has 0 aliphatic carbocycles. The Hall–Kier alpha value is -1.32. The Labute approximate surface area is 74.7 Å². The highest BCUT2D eigenvalue weighted by molar-refractivity contribution is 7.79. The molecule has 9 heteroatoms. The van der Waals surface area contributed by atoms with Gasteiger partial charge in [0, 0.05) is 0 Å². The molecule has 0 radical (unpaired) electrons. The van der Waals surface area contributed by atoms with Crippen molar-refractivity contribution >= 4 is 21.9 Å². The summed E-state index contributed by atoms with van der Waals surface area (Å²) in [4.78, 5) is 0. The molecule has 1 aromatic heterocycles. The van der Waals surface area contributed by atoms with Crippen molar-refractivity contribution in [1.82, 2.24) is 5.10 Å². The van der Waals surface area contributed by atoms with Gasteiger partial charge < -0.3 is 5.73 Å². The molecule has 7 N–H and O–H groups in total. The van der Waals surface area contributed by atoms with Gasteiger partial charge in [0.15, 0.2) is 0 Å². The van der Waals surface area contributed by atoms with Gasteiger partial charge in [0.2, 0.25) is 0 Å². The molecule has 1 heterocycles. The fourth-order valence-electron chi connectivity index (χ4n) is 0.504. The van der Waals surface area contributed by atoms with Gasteiger partial charge in [0.05, 0.1) is 6.20 Å². The molecule has 1 aromatic rings. The van der Waals surface area contributed by atoms with Crippen molar-refractivity contribution in [3.8, 4) is 0 Å². The van der Waals surface area contributed by atoms with Crippen LogP contribution in [0.25, 0.3) is 0 Å². The molecule has 0 aromatic carbocycles. The van der Waals surface area contributed by atoms with E-state index in [1.807, 2.05) is 0 Å². The van der Waals surface area contributed by atoms with Crippen LogP contribution in [-0.4, -0.2) is 22.6 Å². The highest BCUT2D eigenvalue weighted by Crippen LogP contribution is 2.02. The summed E-state index contributed by atoms with van der Waals surface area (Å²) in [7, 11) is -2.87. The van der Waals surface area contributed by atoms with Crippen LogP contribution in [0.3, 0.4) is 0 Å². The van der Waals surface area contributed by atoms with Gasteiger partial charge >= 0.3 is 16.2 Å². The van der Waals surface area contributed by atoms with Crippen molar-refractivity contribution in [2.45, 2.75) is 0 Å². The smallest absolute Gasteiger partial charge is 0.391 e. The Morgan fingerprint density at radius 2 is 1.85 bits per heavy atom. The van der Waals surface area contributed by atoms with Gasteiger partial charge in [-0.2, -0.15) is 13.1 Å². The number of rotatable bonds is 0. The van der Waals surface area contributed by atoms with Crippen molar-refractivity contribution in [1.29, 1.82) is 0 Å². The fourth-order valence-corrected chi connectivity index (χ4v) is 0.504. The summed E-state index contributed by atoms with van der Waals surface area (Å²) in [6, 6.07) is 0. The maximum Gasteiger partial charge on any atom is 0.394 e. The number of hydrogen-bond acceptors (Lipinski definition) is 4. The van der Waals surface area contributed by atoms with Crippen molar-refractivity contribution in [3.63, 3.8) is 0 Å². The highest BCUT2D eigenvalue weighted by atomic mass is 32.3. The van der Waals surface area contributed by atoms with Gasteiger partial charge in [-0.3, -0.25) is 14.8 Å².